The van der Waals surface area contributed by atoms with Crippen molar-refractivity contribution in [1.82, 2.24) is 0 Å². The van der Waals surface area contributed by atoms with E-state index >= 15 is 0 Å². The van der Waals surface area contributed by atoms with E-state index in [2.05, 4.69) is 29.6 Å². The second-order valence-corrected chi connectivity index (χ2v) is 6.08. The molecule has 0 radical (unpaired) electrons. The Labute approximate surface area is 107 Å². The Bertz CT molecular complexity index is 496. The molecule has 0 saturated heterocycles. The summed E-state index contributed by atoms with van der Waals surface area (Å²) in [4.78, 5) is 0. The summed E-state index contributed by atoms with van der Waals surface area (Å²) in [5.41, 5.74) is 7.81. The van der Waals surface area contributed by atoms with Crippen molar-refractivity contribution in [2.24, 2.45) is 11.7 Å². The molecule has 1 atom stereocenters. The third kappa shape index (κ3) is 2.24. The van der Waals surface area contributed by atoms with Crippen molar-refractivity contribution >= 4 is 21.4 Å². The molecule has 2 aromatic rings. The Morgan fingerprint density at radius 2 is 2.00 bits per heavy atom. The van der Waals surface area contributed by atoms with Crippen LogP contribution in [0.2, 0.25) is 0 Å². The smallest absolute Gasteiger partial charge is 0.0345 e. The van der Waals surface area contributed by atoms with Crippen LogP contribution in [0.1, 0.15) is 31.2 Å². The van der Waals surface area contributed by atoms with E-state index < -0.39 is 0 Å². The Morgan fingerprint density at radius 1 is 1.24 bits per heavy atom. The van der Waals surface area contributed by atoms with E-state index in [1.54, 1.807) is 0 Å². The third-order valence-electron chi connectivity index (χ3n) is 4.02. The van der Waals surface area contributed by atoms with Gasteiger partial charge >= 0.3 is 0 Å². The summed E-state index contributed by atoms with van der Waals surface area (Å²) < 4.78 is 1.39. The Balaban J connectivity index is 1.80. The zero-order valence-electron chi connectivity index (χ0n) is 10.1. The zero-order valence-corrected chi connectivity index (χ0v) is 10.9. The molecule has 17 heavy (non-hydrogen) atoms. The van der Waals surface area contributed by atoms with Crippen LogP contribution in [-0.2, 0) is 6.42 Å². The van der Waals surface area contributed by atoms with Crippen LogP contribution in [0.25, 0.3) is 10.1 Å². The molecule has 90 valence electrons. The molecule has 1 unspecified atom stereocenters. The van der Waals surface area contributed by atoms with Crippen molar-refractivity contribution in [3.05, 3.63) is 35.2 Å². The van der Waals surface area contributed by atoms with Crippen molar-refractivity contribution in [3.8, 4) is 0 Å². The highest BCUT2D eigenvalue weighted by Crippen LogP contribution is 2.31. The molecule has 3 rings (SSSR count). The SMILES string of the molecule is NC(Cc1csc2ccccc12)C1CCCC1. The van der Waals surface area contributed by atoms with Crippen molar-refractivity contribution in [1.29, 1.82) is 0 Å². The lowest BCUT2D eigenvalue weighted by Gasteiger charge is -2.18. The average Bonchev–Trinajstić information content (AvgIpc) is 2.98. The molecule has 1 nitrogen and oxygen atoms in total. The van der Waals surface area contributed by atoms with Gasteiger partial charge < -0.3 is 5.73 Å². The molecule has 0 aliphatic heterocycles. The van der Waals surface area contributed by atoms with Gasteiger partial charge in [-0.05, 0) is 47.6 Å². The molecule has 2 heteroatoms. The first-order valence-electron chi connectivity index (χ1n) is 6.55. The highest BCUT2D eigenvalue weighted by Gasteiger charge is 2.22. The molecular formula is C15H19NS. The number of thiophene rings is 1. The Hall–Kier alpha value is -0.860. The summed E-state index contributed by atoms with van der Waals surface area (Å²) in [6.07, 6.45) is 6.48. The lowest BCUT2D eigenvalue weighted by Crippen LogP contribution is -2.30. The number of hydrogen-bond donors (Lipinski definition) is 1. The maximum atomic E-state index is 6.37. The van der Waals surface area contributed by atoms with Gasteiger partial charge in [0.05, 0.1) is 0 Å². The van der Waals surface area contributed by atoms with Gasteiger partial charge in [-0.15, -0.1) is 11.3 Å². The topological polar surface area (TPSA) is 26.0 Å². The maximum absolute atomic E-state index is 6.37. The van der Waals surface area contributed by atoms with Crippen LogP contribution < -0.4 is 5.73 Å². The summed E-state index contributed by atoms with van der Waals surface area (Å²) >= 11 is 1.84. The third-order valence-corrected chi connectivity index (χ3v) is 5.03. The second-order valence-electron chi connectivity index (χ2n) is 5.17. The predicted molar refractivity (Wildman–Crippen MR) is 75.5 cm³/mol. The first-order chi connectivity index (χ1) is 8.34. The number of rotatable bonds is 3. The number of fused-ring (bicyclic) bond motifs is 1. The largest absolute Gasteiger partial charge is 0.327 e. The summed E-state index contributed by atoms with van der Waals surface area (Å²) in [7, 11) is 0. The van der Waals surface area contributed by atoms with Gasteiger partial charge in [0.1, 0.15) is 0 Å². The molecule has 1 aliphatic rings. The van der Waals surface area contributed by atoms with Crippen LogP contribution in [0.4, 0.5) is 0 Å². The molecule has 1 heterocycles. The highest BCUT2D eigenvalue weighted by atomic mass is 32.1. The first-order valence-corrected chi connectivity index (χ1v) is 7.43. The van der Waals surface area contributed by atoms with Gasteiger partial charge in [-0.2, -0.15) is 0 Å². The average molecular weight is 245 g/mol. The van der Waals surface area contributed by atoms with E-state index in [4.69, 9.17) is 5.73 Å². The van der Waals surface area contributed by atoms with Gasteiger partial charge in [0, 0.05) is 10.7 Å². The molecule has 2 N–H and O–H groups in total. The maximum Gasteiger partial charge on any atom is 0.0345 e. The van der Waals surface area contributed by atoms with Crippen LogP contribution in [0, 0.1) is 5.92 Å². The van der Waals surface area contributed by atoms with E-state index in [9.17, 15) is 0 Å². The minimum absolute atomic E-state index is 0.357. The summed E-state index contributed by atoms with van der Waals surface area (Å²) in [6.45, 7) is 0. The fourth-order valence-corrected chi connectivity index (χ4v) is 3.97. The zero-order chi connectivity index (χ0) is 11.7. The van der Waals surface area contributed by atoms with Crippen molar-refractivity contribution in [3.63, 3.8) is 0 Å². The molecule has 0 bridgehead atoms. The summed E-state index contributed by atoms with van der Waals surface area (Å²) in [5.74, 6) is 0.758. The van der Waals surface area contributed by atoms with Crippen LogP contribution in [0.3, 0.4) is 0 Å². The van der Waals surface area contributed by atoms with Crippen molar-refractivity contribution in [2.45, 2.75) is 38.1 Å². The minimum atomic E-state index is 0.357. The van der Waals surface area contributed by atoms with Crippen LogP contribution >= 0.6 is 11.3 Å². The van der Waals surface area contributed by atoms with Crippen LogP contribution in [0.15, 0.2) is 29.6 Å². The van der Waals surface area contributed by atoms with Crippen LogP contribution in [-0.4, -0.2) is 6.04 Å². The van der Waals surface area contributed by atoms with Gasteiger partial charge in [-0.3, -0.25) is 0 Å². The van der Waals surface area contributed by atoms with Crippen molar-refractivity contribution < 1.29 is 0 Å². The molecule has 1 aromatic heterocycles. The van der Waals surface area contributed by atoms with Gasteiger partial charge in [-0.1, -0.05) is 31.0 Å². The molecule has 1 saturated carbocycles. The molecule has 1 aromatic carbocycles. The molecular weight excluding hydrogens is 226 g/mol. The number of nitrogens with two attached hydrogens (primary N) is 1. The van der Waals surface area contributed by atoms with Gasteiger partial charge in [0.15, 0.2) is 0 Å². The van der Waals surface area contributed by atoms with E-state index in [1.807, 2.05) is 11.3 Å². The van der Waals surface area contributed by atoms with Gasteiger partial charge in [-0.25, -0.2) is 0 Å². The highest BCUT2D eigenvalue weighted by molar-refractivity contribution is 7.17. The fourth-order valence-electron chi connectivity index (χ4n) is 3.00. The fraction of sp³-hybridized carbons (Fsp3) is 0.467. The minimum Gasteiger partial charge on any atom is -0.327 e. The van der Waals surface area contributed by atoms with Crippen molar-refractivity contribution in [2.75, 3.05) is 0 Å². The van der Waals surface area contributed by atoms with E-state index in [0.29, 0.717) is 6.04 Å². The van der Waals surface area contributed by atoms with Gasteiger partial charge in [0.2, 0.25) is 0 Å². The molecule has 1 aliphatic carbocycles. The standard InChI is InChI=1S/C15H19NS/c16-14(11-5-1-2-6-11)9-12-10-17-15-8-4-3-7-13(12)15/h3-4,7-8,10-11,14H,1-2,5-6,9,16H2. The van der Waals surface area contributed by atoms with Gasteiger partial charge in [0.25, 0.3) is 0 Å². The number of hydrogen-bond acceptors (Lipinski definition) is 2. The normalized spacial score (nSPS) is 18.9. The van der Waals surface area contributed by atoms with E-state index in [-0.39, 0.29) is 0 Å². The van der Waals surface area contributed by atoms with E-state index in [1.165, 1.54) is 41.3 Å². The van der Waals surface area contributed by atoms with E-state index in [0.717, 1.165) is 12.3 Å². The summed E-state index contributed by atoms with van der Waals surface area (Å²) in [5, 5.41) is 3.70. The molecule has 0 spiro atoms. The predicted octanol–water partition coefficient (Wildman–Crippen LogP) is 3.96. The summed E-state index contributed by atoms with van der Waals surface area (Å²) in [6, 6.07) is 9.02. The van der Waals surface area contributed by atoms with Crippen LogP contribution in [0.5, 0.6) is 0 Å². The monoisotopic (exact) mass is 245 g/mol. The molecule has 0 amide bonds. The Morgan fingerprint density at radius 3 is 2.82 bits per heavy atom. The lowest BCUT2D eigenvalue weighted by atomic mass is 9.93. The molecule has 1 fully saturated rings. The Kier molecular flexibility index (Phi) is 3.17. The second kappa shape index (κ2) is 4.79. The number of benzene rings is 1. The lowest BCUT2D eigenvalue weighted by molar-refractivity contribution is 0.430. The first kappa shape index (κ1) is 11.2. The quantitative estimate of drug-likeness (QED) is 0.870.